The largest absolute Gasteiger partial charge is 0.469 e. The zero-order valence-electron chi connectivity index (χ0n) is 25.8. The molecule has 0 bridgehead atoms. The molecule has 0 spiro atoms. The Kier molecular flexibility index (Phi) is 8.50. The molecule has 5 aliphatic carbocycles. The minimum Gasteiger partial charge on any atom is -0.469 e. The SMILES string of the molecule is C=C1/C=C\C=C/OC2=C1C=C(C1CCC=C(C3=CC(c4cccc(C5=C(NC6=CC=CCC6)CC=CC5)c4)=CCC3)C1)CC2. The third-order valence-electron chi connectivity index (χ3n) is 9.78. The summed E-state index contributed by atoms with van der Waals surface area (Å²) < 4.78 is 5.95. The van der Waals surface area contributed by atoms with E-state index in [1.807, 2.05) is 12.2 Å². The Hall–Kier alpha value is -4.30. The summed E-state index contributed by atoms with van der Waals surface area (Å²) in [6, 6.07) is 9.24. The van der Waals surface area contributed by atoms with E-state index in [9.17, 15) is 0 Å². The molecular formula is C42H43NO. The van der Waals surface area contributed by atoms with Crippen LogP contribution >= 0.6 is 0 Å². The van der Waals surface area contributed by atoms with Crippen LogP contribution in [0.1, 0.15) is 81.8 Å². The van der Waals surface area contributed by atoms with Crippen LogP contribution in [0.4, 0.5) is 0 Å². The van der Waals surface area contributed by atoms with E-state index in [-0.39, 0.29) is 0 Å². The van der Waals surface area contributed by atoms with Crippen LogP contribution in [0.5, 0.6) is 0 Å². The quantitative estimate of drug-likeness (QED) is 0.340. The minimum absolute atomic E-state index is 0.590. The summed E-state index contributed by atoms with van der Waals surface area (Å²) in [5.41, 5.74) is 15.0. The molecule has 1 aliphatic heterocycles. The predicted octanol–water partition coefficient (Wildman–Crippen LogP) is 11.0. The van der Waals surface area contributed by atoms with E-state index in [0.29, 0.717) is 5.92 Å². The van der Waals surface area contributed by atoms with Gasteiger partial charge in [0.15, 0.2) is 0 Å². The Morgan fingerprint density at radius 3 is 2.68 bits per heavy atom. The first kappa shape index (κ1) is 28.5. The molecule has 0 saturated carbocycles. The van der Waals surface area contributed by atoms with E-state index >= 15 is 0 Å². The molecule has 0 aromatic heterocycles. The van der Waals surface area contributed by atoms with Crippen LogP contribution in [-0.2, 0) is 4.74 Å². The zero-order valence-corrected chi connectivity index (χ0v) is 25.8. The van der Waals surface area contributed by atoms with E-state index in [4.69, 9.17) is 4.74 Å². The van der Waals surface area contributed by atoms with Crippen molar-refractivity contribution in [1.29, 1.82) is 0 Å². The van der Waals surface area contributed by atoms with Crippen LogP contribution in [0.15, 0.2) is 155 Å². The van der Waals surface area contributed by atoms with Crippen LogP contribution in [0.3, 0.4) is 0 Å². The summed E-state index contributed by atoms with van der Waals surface area (Å²) in [4.78, 5) is 0. The highest BCUT2D eigenvalue weighted by Gasteiger charge is 2.26. The van der Waals surface area contributed by atoms with Gasteiger partial charge in [-0.15, -0.1) is 0 Å². The molecule has 0 amide bonds. The number of benzene rings is 1. The van der Waals surface area contributed by atoms with Crippen LogP contribution in [-0.4, -0.2) is 0 Å². The second-order valence-corrected chi connectivity index (χ2v) is 12.7. The predicted molar refractivity (Wildman–Crippen MR) is 185 cm³/mol. The highest BCUT2D eigenvalue weighted by molar-refractivity contribution is 5.80. The van der Waals surface area contributed by atoms with Gasteiger partial charge in [0.05, 0.1) is 6.26 Å². The van der Waals surface area contributed by atoms with Crippen LogP contribution in [0.25, 0.3) is 11.1 Å². The monoisotopic (exact) mass is 577 g/mol. The zero-order chi connectivity index (χ0) is 29.7. The van der Waals surface area contributed by atoms with E-state index in [2.05, 4.69) is 96.9 Å². The standard InChI is InChI=1S/C42H43NO/c1-30-12-7-8-25-44-42-24-23-36(29-40(30)42)34-16-10-14-32(27-34)31-13-9-15-33(26-31)35-17-11-18-37(28-35)39-21-5-6-22-41(39)43-38-19-3-2-4-20-38/h2-3,5-8,11-12,14-15,17-19,25-26,28-29,34,43H,1,4,9-10,13,16,20-24,27H2/b12-7-,25-8-. The Morgan fingerprint density at radius 1 is 0.818 bits per heavy atom. The van der Waals surface area contributed by atoms with Crippen LogP contribution < -0.4 is 5.32 Å². The van der Waals surface area contributed by atoms with Crippen molar-refractivity contribution in [2.75, 3.05) is 0 Å². The lowest BCUT2D eigenvalue weighted by Gasteiger charge is -2.30. The van der Waals surface area contributed by atoms with Crippen molar-refractivity contribution in [3.05, 3.63) is 166 Å². The molecular weight excluding hydrogens is 534 g/mol. The van der Waals surface area contributed by atoms with Crippen molar-refractivity contribution in [1.82, 2.24) is 5.32 Å². The summed E-state index contributed by atoms with van der Waals surface area (Å²) in [5.74, 6) is 1.65. The summed E-state index contributed by atoms with van der Waals surface area (Å²) in [7, 11) is 0. The Bertz CT molecular complexity index is 1690. The van der Waals surface area contributed by atoms with Gasteiger partial charge in [0.1, 0.15) is 5.76 Å². The summed E-state index contributed by atoms with van der Waals surface area (Å²) >= 11 is 0. The first-order chi connectivity index (χ1) is 21.7. The number of allylic oxidation sites excluding steroid dienone is 21. The third kappa shape index (κ3) is 6.31. The molecule has 222 valence electrons. The molecule has 1 unspecified atom stereocenters. The van der Waals surface area contributed by atoms with Crippen LogP contribution in [0, 0.1) is 5.92 Å². The van der Waals surface area contributed by atoms with Crippen molar-refractivity contribution in [3.63, 3.8) is 0 Å². The molecule has 1 aromatic rings. The van der Waals surface area contributed by atoms with Crippen molar-refractivity contribution < 1.29 is 4.74 Å². The number of hydrogen-bond acceptors (Lipinski definition) is 2. The molecule has 0 fully saturated rings. The van der Waals surface area contributed by atoms with Gasteiger partial charge < -0.3 is 10.1 Å². The van der Waals surface area contributed by atoms with E-state index in [1.165, 1.54) is 51.2 Å². The van der Waals surface area contributed by atoms with Gasteiger partial charge in [-0.25, -0.2) is 0 Å². The van der Waals surface area contributed by atoms with Gasteiger partial charge in [0.2, 0.25) is 0 Å². The topological polar surface area (TPSA) is 21.3 Å². The summed E-state index contributed by atoms with van der Waals surface area (Å²) in [6.45, 7) is 4.33. The molecule has 0 saturated heterocycles. The molecule has 7 rings (SSSR count). The summed E-state index contributed by atoms with van der Waals surface area (Å²) in [6.07, 6.45) is 40.9. The minimum atomic E-state index is 0.590. The van der Waals surface area contributed by atoms with Crippen molar-refractivity contribution in [2.24, 2.45) is 5.92 Å². The van der Waals surface area contributed by atoms with Gasteiger partial charge in [-0.05, 0) is 121 Å². The maximum absolute atomic E-state index is 5.95. The molecule has 44 heavy (non-hydrogen) atoms. The average Bonchev–Trinajstić information content (AvgIpc) is 3.08. The fraction of sp³-hybridized carbons (Fsp3) is 0.286. The van der Waals surface area contributed by atoms with E-state index < -0.39 is 0 Å². The molecule has 1 heterocycles. The van der Waals surface area contributed by atoms with Gasteiger partial charge in [0.25, 0.3) is 0 Å². The van der Waals surface area contributed by atoms with Crippen molar-refractivity contribution >= 4 is 11.1 Å². The van der Waals surface area contributed by atoms with Crippen LogP contribution in [0.2, 0.25) is 0 Å². The second-order valence-electron chi connectivity index (χ2n) is 12.7. The molecule has 1 aromatic carbocycles. The fourth-order valence-electron chi connectivity index (χ4n) is 7.37. The molecule has 1 atom stereocenters. The molecule has 6 aliphatic rings. The fourth-order valence-corrected chi connectivity index (χ4v) is 7.37. The summed E-state index contributed by atoms with van der Waals surface area (Å²) in [5, 5.41) is 3.79. The molecule has 1 N–H and O–H groups in total. The smallest absolute Gasteiger partial charge is 0.111 e. The number of ether oxygens (including phenoxy) is 1. The van der Waals surface area contributed by atoms with Gasteiger partial charge >= 0.3 is 0 Å². The number of rotatable bonds is 6. The number of nitrogens with one attached hydrogen (secondary N) is 1. The first-order valence-electron chi connectivity index (χ1n) is 16.5. The Morgan fingerprint density at radius 2 is 1.75 bits per heavy atom. The highest BCUT2D eigenvalue weighted by atomic mass is 16.5. The first-order valence-corrected chi connectivity index (χ1v) is 16.5. The molecule has 2 nitrogen and oxygen atoms in total. The lowest BCUT2D eigenvalue weighted by molar-refractivity contribution is 0.324. The van der Waals surface area contributed by atoms with E-state index in [0.717, 1.165) is 75.5 Å². The molecule has 2 heteroatoms. The number of hydrogen-bond donors (Lipinski definition) is 1. The lowest BCUT2D eigenvalue weighted by Crippen LogP contribution is -2.16. The Balaban J connectivity index is 1.10. The second kappa shape index (κ2) is 13.1. The van der Waals surface area contributed by atoms with Crippen molar-refractivity contribution in [3.8, 4) is 0 Å². The maximum Gasteiger partial charge on any atom is 0.111 e. The third-order valence-corrected chi connectivity index (χ3v) is 9.78. The maximum atomic E-state index is 5.95. The van der Waals surface area contributed by atoms with Crippen molar-refractivity contribution in [2.45, 2.75) is 70.6 Å². The normalized spacial score (nSPS) is 25.0. The highest BCUT2D eigenvalue weighted by Crippen LogP contribution is 2.42. The van der Waals surface area contributed by atoms with Gasteiger partial charge in [-0.2, -0.15) is 0 Å². The van der Waals surface area contributed by atoms with Gasteiger partial charge in [-0.1, -0.05) is 91.1 Å². The van der Waals surface area contributed by atoms with Gasteiger partial charge in [0, 0.05) is 29.8 Å². The Labute approximate surface area is 263 Å². The molecule has 0 radical (unpaired) electrons. The average molecular weight is 578 g/mol. The van der Waals surface area contributed by atoms with E-state index in [1.54, 1.807) is 17.4 Å². The lowest BCUT2D eigenvalue weighted by atomic mass is 9.76. The van der Waals surface area contributed by atoms with Gasteiger partial charge in [-0.3, -0.25) is 0 Å².